The molecule has 2 unspecified atom stereocenters. The molecule has 0 heterocycles. The van der Waals surface area contributed by atoms with Gasteiger partial charge in [-0.05, 0) is 38.0 Å². The highest BCUT2D eigenvalue weighted by Crippen LogP contribution is 2.58. The molecule has 0 spiro atoms. The molecule has 13 heavy (non-hydrogen) atoms. The largest absolute Gasteiger partial charge is 0.390 e. The summed E-state index contributed by atoms with van der Waals surface area (Å²) < 4.78 is 0. The molecule has 0 radical (unpaired) electrons. The second kappa shape index (κ2) is 2.10. The van der Waals surface area contributed by atoms with Crippen LogP contribution >= 0.6 is 0 Å². The van der Waals surface area contributed by atoms with Gasteiger partial charge in [0, 0.05) is 11.8 Å². The van der Waals surface area contributed by atoms with Crippen LogP contribution in [0, 0.1) is 17.8 Å². The zero-order chi connectivity index (χ0) is 9.27. The van der Waals surface area contributed by atoms with Gasteiger partial charge in [0.25, 0.3) is 0 Å². The summed E-state index contributed by atoms with van der Waals surface area (Å²) in [6.07, 6.45) is 3.85. The minimum atomic E-state index is -1.48. The first-order valence-corrected chi connectivity index (χ1v) is 5.17. The van der Waals surface area contributed by atoms with Gasteiger partial charge in [-0.2, -0.15) is 0 Å². The van der Waals surface area contributed by atoms with Crippen molar-refractivity contribution >= 4 is 0 Å². The highest BCUT2D eigenvalue weighted by atomic mass is 16.5. The Labute approximate surface area is 77.4 Å². The molecule has 3 nitrogen and oxygen atoms in total. The van der Waals surface area contributed by atoms with Crippen LogP contribution in [0.25, 0.3) is 0 Å². The normalized spacial score (nSPS) is 57.0. The van der Waals surface area contributed by atoms with Crippen LogP contribution in [-0.4, -0.2) is 26.7 Å². The van der Waals surface area contributed by atoms with Crippen molar-refractivity contribution in [3.8, 4) is 0 Å². The highest BCUT2D eigenvalue weighted by molar-refractivity contribution is 5.08. The van der Waals surface area contributed by atoms with E-state index < -0.39 is 11.4 Å². The molecule has 4 rings (SSSR count). The van der Waals surface area contributed by atoms with E-state index in [1.807, 2.05) is 0 Å². The van der Waals surface area contributed by atoms with Crippen molar-refractivity contribution in [3.63, 3.8) is 0 Å². The van der Waals surface area contributed by atoms with Gasteiger partial charge >= 0.3 is 0 Å². The second-order valence-corrected chi connectivity index (χ2v) is 5.35. The zero-order valence-corrected chi connectivity index (χ0v) is 7.61. The molecular formula is C10H16O3. The summed E-state index contributed by atoms with van der Waals surface area (Å²) in [6, 6.07) is 0. The zero-order valence-electron chi connectivity index (χ0n) is 7.61. The number of rotatable bonds is 0. The fourth-order valence-electron chi connectivity index (χ4n) is 3.92. The van der Waals surface area contributed by atoms with Crippen LogP contribution in [0.3, 0.4) is 0 Å². The molecule has 0 aromatic rings. The monoisotopic (exact) mass is 184 g/mol. The van der Waals surface area contributed by atoms with Crippen LogP contribution in [0.1, 0.15) is 32.1 Å². The summed E-state index contributed by atoms with van der Waals surface area (Å²) in [6.45, 7) is 0. The maximum Gasteiger partial charge on any atom is 0.168 e. The molecule has 0 aromatic carbocycles. The lowest BCUT2D eigenvalue weighted by Gasteiger charge is -2.59. The first-order chi connectivity index (χ1) is 6.00. The quantitative estimate of drug-likeness (QED) is 0.472. The molecule has 74 valence electrons. The minimum absolute atomic E-state index is 0.0799. The lowest BCUT2D eigenvalue weighted by molar-refractivity contribution is -0.317. The molecule has 3 heteroatoms. The Kier molecular flexibility index (Phi) is 1.33. The number of aliphatic hydroxyl groups is 3. The molecule has 0 aliphatic heterocycles. The van der Waals surface area contributed by atoms with E-state index in [4.69, 9.17) is 0 Å². The van der Waals surface area contributed by atoms with Crippen molar-refractivity contribution in [1.82, 2.24) is 0 Å². The molecule has 4 bridgehead atoms. The van der Waals surface area contributed by atoms with Gasteiger partial charge in [-0.1, -0.05) is 0 Å². The van der Waals surface area contributed by atoms with Crippen LogP contribution in [0.2, 0.25) is 0 Å². The van der Waals surface area contributed by atoms with E-state index in [2.05, 4.69) is 0 Å². The molecule has 0 amide bonds. The van der Waals surface area contributed by atoms with E-state index in [1.165, 1.54) is 0 Å². The third-order valence-corrected chi connectivity index (χ3v) is 4.36. The molecular weight excluding hydrogens is 168 g/mol. The Morgan fingerprint density at radius 2 is 1.38 bits per heavy atom. The van der Waals surface area contributed by atoms with Crippen molar-refractivity contribution in [2.75, 3.05) is 0 Å². The van der Waals surface area contributed by atoms with Crippen LogP contribution < -0.4 is 0 Å². The molecule has 0 saturated heterocycles. The van der Waals surface area contributed by atoms with E-state index in [0.29, 0.717) is 18.8 Å². The first-order valence-electron chi connectivity index (χ1n) is 5.17. The standard InChI is InChI=1S/C10H16O3/c11-9-3-6-1-7(4-9)10(12,13)8(2-6)5-9/h6-8,11-13H,1-5H2/t6?,7-,8+,9?. The summed E-state index contributed by atoms with van der Waals surface area (Å²) in [5.74, 6) is -1.11. The molecule has 0 aromatic heterocycles. The van der Waals surface area contributed by atoms with Crippen LogP contribution in [0.15, 0.2) is 0 Å². The van der Waals surface area contributed by atoms with Crippen molar-refractivity contribution in [2.45, 2.75) is 43.5 Å². The van der Waals surface area contributed by atoms with E-state index >= 15 is 0 Å². The average Bonchev–Trinajstić information content (AvgIpc) is 1.97. The average molecular weight is 184 g/mol. The lowest BCUT2D eigenvalue weighted by atomic mass is 9.51. The first kappa shape index (κ1) is 8.21. The lowest BCUT2D eigenvalue weighted by Crippen LogP contribution is -2.63. The predicted molar refractivity (Wildman–Crippen MR) is 45.7 cm³/mol. The Hall–Kier alpha value is -0.120. The van der Waals surface area contributed by atoms with Gasteiger partial charge in [0.2, 0.25) is 0 Å². The van der Waals surface area contributed by atoms with E-state index in [0.717, 1.165) is 19.3 Å². The molecule has 4 fully saturated rings. The fourth-order valence-corrected chi connectivity index (χ4v) is 3.92. The van der Waals surface area contributed by atoms with Crippen molar-refractivity contribution in [2.24, 2.45) is 17.8 Å². The van der Waals surface area contributed by atoms with Gasteiger partial charge in [-0.15, -0.1) is 0 Å². The van der Waals surface area contributed by atoms with Crippen LogP contribution in [0.5, 0.6) is 0 Å². The smallest absolute Gasteiger partial charge is 0.168 e. The van der Waals surface area contributed by atoms with Gasteiger partial charge < -0.3 is 15.3 Å². The summed E-state index contributed by atoms with van der Waals surface area (Å²) in [5.41, 5.74) is -0.564. The summed E-state index contributed by atoms with van der Waals surface area (Å²) >= 11 is 0. The predicted octanol–water partition coefficient (Wildman–Crippen LogP) is 0.238. The molecule has 4 atom stereocenters. The van der Waals surface area contributed by atoms with Crippen molar-refractivity contribution in [3.05, 3.63) is 0 Å². The Bertz CT molecular complexity index is 231. The molecule has 3 N–H and O–H groups in total. The fraction of sp³-hybridized carbons (Fsp3) is 1.00. The number of hydrogen-bond donors (Lipinski definition) is 3. The molecule has 4 saturated carbocycles. The van der Waals surface area contributed by atoms with Crippen LogP contribution in [0.4, 0.5) is 0 Å². The van der Waals surface area contributed by atoms with E-state index in [1.54, 1.807) is 0 Å². The Morgan fingerprint density at radius 3 is 1.85 bits per heavy atom. The van der Waals surface area contributed by atoms with Gasteiger partial charge in [-0.25, -0.2) is 0 Å². The van der Waals surface area contributed by atoms with Crippen molar-refractivity contribution < 1.29 is 15.3 Å². The maximum atomic E-state index is 10.1. The summed E-state index contributed by atoms with van der Waals surface area (Å²) in [4.78, 5) is 0. The van der Waals surface area contributed by atoms with E-state index in [-0.39, 0.29) is 11.8 Å². The summed E-state index contributed by atoms with van der Waals surface area (Å²) in [5, 5.41) is 29.8. The molecule has 4 aliphatic rings. The van der Waals surface area contributed by atoms with E-state index in [9.17, 15) is 15.3 Å². The van der Waals surface area contributed by atoms with Crippen LogP contribution in [-0.2, 0) is 0 Å². The van der Waals surface area contributed by atoms with Crippen molar-refractivity contribution in [1.29, 1.82) is 0 Å². The minimum Gasteiger partial charge on any atom is -0.390 e. The van der Waals surface area contributed by atoms with Gasteiger partial charge in [-0.3, -0.25) is 0 Å². The van der Waals surface area contributed by atoms with Gasteiger partial charge in [0.15, 0.2) is 5.79 Å². The maximum absolute atomic E-state index is 10.1. The van der Waals surface area contributed by atoms with Gasteiger partial charge in [0.1, 0.15) is 0 Å². The Balaban J connectivity index is 1.99. The van der Waals surface area contributed by atoms with Gasteiger partial charge in [0.05, 0.1) is 5.60 Å². The third kappa shape index (κ3) is 0.953. The molecule has 4 aliphatic carbocycles. The topological polar surface area (TPSA) is 60.7 Å². The Morgan fingerprint density at radius 1 is 0.846 bits per heavy atom. The highest BCUT2D eigenvalue weighted by Gasteiger charge is 2.60. The SMILES string of the molecule is OC12CC3C[C@H](C1)C(O)(O)[C@@H](C3)C2. The number of hydrogen-bond acceptors (Lipinski definition) is 3. The summed E-state index contributed by atoms with van der Waals surface area (Å²) in [7, 11) is 0. The third-order valence-electron chi connectivity index (χ3n) is 4.36. The second-order valence-electron chi connectivity index (χ2n) is 5.35.